The van der Waals surface area contributed by atoms with E-state index in [1.165, 1.54) is 4.31 Å². The van der Waals surface area contributed by atoms with Crippen molar-refractivity contribution in [1.29, 1.82) is 0 Å². The van der Waals surface area contributed by atoms with E-state index in [4.69, 9.17) is 5.73 Å². The van der Waals surface area contributed by atoms with Crippen LogP contribution in [0.2, 0.25) is 0 Å². The molecule has 0 aromatic heterocycles. The molecule has 1 aliphatic rings. The van der Waals surface area contributed by atoms with Crippen LogP contribution in [0.1, 0.15) is 27.2 Å². The van der Waals surface area contributed by atoms with Crippen LogP contribution in [0, 0.1) is 5.92 Å². The van der Waals surface area contributed by atoms with Crippen LogP contribution in [0.5, 0.6) is 0 Å². The summed E-state index contributed by atoms with van der Waals surface area (Å²) in [4.78, 5) is 0. The molecule has 1 saturated heterocycles. The molecule has 0 amide bonds. The van der Waals surface area contributed by atoms with Gasteiger partial charge in [0.25, 0.3) is 10.2 Å². The van der Waals surface area contributed by atoms with Gasteiger partial charge < -0.3 is 5.73 Å². The maximum Gasteiger partial charge on any atom is 0.282 e. The molecule has 1 fully saturated rings. The lowest BCUT2D eigenvalue weighted by Crippen LogP contribution is -2.45. The summed E-state index contributed by atoms with van der Waals surface area (Å²) < 4.78 is 27.7. The molecule has 1 rings (SSSR count). The van der Waals surface area contributed by atoms with Crippen molar-refractivity contribution >= 4 is 10.2 Å². The fourth-order valence-corrected chi connectivity index (χ4v) is 4.19. The minimum Gasteiger partial charge on any atom is -0.330 e. The SMILES string of the molecule is CCN(CC)S(=O)(=O)N1CC(CN)CC1C. The van der Waals surface area contributed by atoms with Crippen molar-refractivity contribution in [3.63, 3.8) is 0 Å². The predicted molar refractivity (Wildman–Crippen MR) is 65.2 cm³/mol. The number of hydrogen-bond donors (Lipinski definition) is 1. The average Bonchev–Trinajstić information content (AvgIpc) is 2.61. The molecule has 0 aromatic rings. The molecule has 1 aliphatic heterocycles. The molecule has 0 radical (unpaired) electrons. The number of rotatable bonds is 5. The van der Waals surface area contributed by atoms with E-state index in [-0.39, 0.29) is 6.04 Å². The Labute approximate surface area is 98.8 Å². The van der Waals surface area contributed by atoms with Crippen LogP contribution in [-0.2, 0) is 10.2 Å². The second-order valence-electron chi connectivity index (χ2n) is 4.35. The highest BCUT2D eigenvalue weighted by Gasteiger charge is 2.38. The zero-order valence-electron chi connectivity index (χ0n) is 10.4. The van der Waals surface area contributed by atoms with Crippen molar-refractivity contribution in [2.75, 3.05) is 26.2 Å². The molecule has 0 spiro atoms. The van der Waals surface area contributed by atoms with Gasteiger partial charge in [-0.1, -0.05) is 13.8 Å². The maximum absolute atomic E-state index is 12.3. The lowest BCUT2D eigenvalue weighted by atomic mass is 10.1. The first-order valence-corrected chi connectivity index (χ1v) is 7.34. The monoisotopic (exact) mass is 249 g/mol. The van der Waals surface area contributed by atoms with Gasteiger partial charge in [0.05, 0.1) is 0 Å². The van der Waals surface area contributed by atoms with E-state index in [0.717, 1.165) is 6.42 Å². The number of nitrogens with two attached hydrogens (primary N) is 1. The number of hydrogen-bond acceptors (Lipinski definition) is 3. The topological polar surface area (TPSA) is 66.6 Å². The van der Waals surface area contributed by atoms with Crippen molar-refractivity contribution in [1.82, 2.24) is 8.61 Å². The summed E-state index contributed by atoms with van der Waals surface area (Å²) >= 11 is 0. The Hall–Kier alpha value is -0.170. The summed E-state index contributed by atoms with van der Waals surface area (Å²) in [5.74, 6) is 0.306. The first-order valence-electron chi connectivity index (χ1n) is 5.94. The maximum atomic E-state index is 12.3. The molecule has 96 valence electrons. The Kier molecular flexibility index (Phi) is 4.73. The summed E-state index contributed by atoms with van der Waals surface area (Å²) in [6, 6.07) is 0.0687. The van der Waals surface area contributed by atoms with Gasteiger partial charge in [-0.2, -0.15) is 17.0 Å². The standard InChI is InChI=1S/C10H23N3O2S/c1-4-12(5-2)16(14,15)13-8-10(7-11)6-9(13)3/h9-10H,4-8,11H2,1-3H3. The van der Waals surface area contributed by atoms with Gasteiger partial charge in [-0.15, -0.1) is 0 Å². The van der Waals surface area contributed by atoms with Gasteiger partial charge in [-0.25, -0.2) is 0 Å². The molecule has 5 nitrogen and oxygen atoms in total. The second-order valence-corrected chi connectivity index (χ2v) is 6.23. The van der Waals surface area contributed by atoms with Gasteiger partial charge in [0.2, 0.25) is 0 Å². The molecule has 0 aliphatic carbocycles. The molecular formula is C10H23N3O2S. The largest absolute Gasteiger partial charge is 0.330 e. The van der Waals surface area contributed by atoms with Gasteiger partial charge in [-0.3, -0.25) is 0 Å². The molecule has 2 N–H and O–H groups in total. The van der Waals surface area contributed by atoms with Gasteiger partial charge >= 0.3 is 0 Å². The highest BCUT2D eigenvalue weighted by molar-refractivity contribution is 7.86. The third-order valence-electron chi connectivity index (χ3n) is 3.27. The van der Waals surface area contributed by atoms with E-state index in [1.54, 1.807) is 4.31 Å². The van der Waals surface area contributed by atoms with Crippen molar-refractivity contribution in [2.24, 2.45) is 11.7 Å². The summed E-state index contributed by atoms with van der Waals surface area (Å²) in [6.07, 6.45) is 0.872. The van der Waals surface area contributed by atoms with E-state index in [9.17, 15) is 8.42 Å². The highest BCUT2D eigenvalue weighted by atomic mass is 32.2. The summed E-state index contributed by atoms with van der Waals surface area (Å²) in [5, 5.41) is 0. The zero-order valence-corrected chi connectivity index (χ0v) is 11.2. The molecule has 0 saturated carbocycles. The molecule has 16 heavy (non-hydrogen) atoms. The van der Waals surface area contributed by atoms with Crippen LogP contribution in [0.25, 0.3) is 0 Å². The average molecular weight is 249 g/mol. The van der Waals surface area contributed by atoms with Gasteiger partial charge in [0, 0.05) is 25.7 Å². The third kappa shape index (κ3) is 2.56. The van der Waals surface area contributed by atoms with Crippen LogP contribution in [0.15, 0.2) is 0 Å². The van der Waals surface area contributed by atoms with E-state index >= 15 is 0 Å². The summed E-state index contributed by atoms with van der Waals surface area (Å²) in [6.45, 7) is 7.86. The Morgan fingerprint density at radius 3 is 2.31 bits per heavy atom. The smallest absolute Gasteiger partial charge is 0.282 e. The van der Waals surface area contributed by atoms with Crippen LogP contribution >= 0.6 is 0 Å². The quantitative estimate of drug-likeness (QED) is 0.759. The Morgan fingerprint density at radius 1 is 1.38 bits per heavy atom. The Balaban J connectivity index is 2.84. The van der Waals surface area contributed by atoms with Gasteiger partial charge in [-0.05, 0) is 25.8 Å². The van der Waals surface area contributed by atoms with E-state index in [1.807, 2.05) is 20.8 Å². The molecule has 2 unspecified atom stereocenters. The molecule has 6 heteroatoms. The van der Waals surface area contributed by atoms with Gasteiger partial charge in [0.1, 0.15) is 0 Å². The zero-order chi connectivity index (χ0) is 12.3. The lowest BCUT2D eigenvalue weighted by Gasteiger charge is -2.28. The molecule has 1 heterocycles. The van der Waals surface area contributed by atoms with Crippen molar-refractivity contribution in [2.45, 2.75) is 33.2 Å². The highest BCUT2D eigenvalue weighted by Crippen LogP contribution is 2.26. The molecule has 0 aromatic carbocycles. The minimum absolute atomic E-state index is 0.0687. The normalized spacial score (nSPS) is 27.8. The first kappa shape index (κ1) is 13.9. The molecule has 2 atom stereocenters. The van der Waals surface area contributed by atoms with Crippen LogP contribution in [0.3, 0.4) is 0 Å². The van der Waals surface area contributed by atoms with Crippen LogP contribution in [0.4, 0.5) is 0 Å². The Bertz CT molecular complexity index is 314. The fraction of sp³-hybridized carbons (Fsp3) is 1.00. The molecule has 0 bridgehead atoms. The van der Waals surface area contributed by atoms with Crippen LogP contribution in [-0.4, -0.2) is 49.2 Å². The second kappa shape index (κ2) is 5.44. The lowest BCUT2D eigenvalue weighted by molar-refractivity contribution is 0.343. The van der Waals surface area contributed by atoms with Crippen molar-refractivity contribution in [3.05, 3.63) is 0 Å². The number of nitrogens with zero attached hydrogens (tertiary/aromatic N) is 2. The summed E-state index contributed by atoms with van der Waals surface area (Å²) in [5.41, 5.74) is 5.61. The van der Waals surface area contributed by atoms with Crippen molar-refractivity contribution in [3.8, 4) is 0 Å². The third-order valence-corrected chi connectivity index (χ3v) is 5.54. The predicted octanol–water partition coefficient (Wildman–Crippen LogP) is 0.242. The van der Waals surface area contributed by atoms with E-state index in [2.05, 4.69) is 0 Å². The van der Waals surface area contributed by atoms with Crippen molar-refractivity contribution < 1.29 is 8.42 Å². The van der Waals surface area contributed by atoms with E-state index in [0.29, 0.717) is 32.1 Å². The fourth-order valence-electron chi connectivity index (χ4n) is 2.30. The summed E-state index contributed by atoms with van der Waals surface area (Å²) in [7, 11) is -3.28. The first-order chi connectivity index (χ1) is 7.47. The molecular weight excluding hydrogens is 226 g/mol. The Morgan fingerprint density at radius 2 is 1.94 bits per heavy atom. The van der Waals surface area contributed by atoms with E-state index < -0.39 is 10.2 Å². The van der Waals surface area contributed by atoms with Gasteiger partial charge in [0.15, 0.2) is 0 Å². The minimum atomic E-state index is -3.28. The van der Waals surface area contributed by atoms with Crippen LogP contribution < -0.4 is 5.73 Å².